The van der Waals surface area contributed by atoms with Gasteiger partial charge in [0.2, 0.25) is 5.91 Å². The SMILES string of the molecule is COc1cc(C=NNC(=O)C(NC(=O)Cc2cccs2)C(C)C)cc(Br)c1OCC(N)=O. The number of thiophene rings is 1. The maximum Gasteiger partial charge on any atom is 0.262 e. The molecule has 0 aliphatic carbocycles. The topological polar surface area (TPSA) is 132 Å². The first-order valence-electron chi connectivity index (χ1n) is 9.64. The average Bonchev–Trinajstić information content (AvgIpc) is 3.23. The number of methoxy groups -OCH3 is 1. The molecule has 1 atom stereocenters. The Hall–Kier alpha value is -2.92. The van der Waals surface area contributed by atoms with Crippen molar-refractivity contribution in [2.75, 3.05) is 13.7 Å². The molecule has 0 fully saturated rings. The van der Waals surface area contributed by atoms with Gasteiger partial charge in [-0.25, -0.2) is 5.43 Å². The largest absolute Gasteiger partial charge is 0.493 e. The molecule has 2 aromatic rings. The second-order valence-corrected chi connectivity index (χ2v) is 8.96. The van der Waals surface area contributed by atoms with Gasteiger partial charge in [-0.3, -0.25) is 14.4 Å². The Bertz CT molecular complexity index is 979. The zero-order chi connectivity index (χ0) is 23.7. The molecule has 0 aliphatic heterocycles. The Morgan fingerprint density at radius 2 is 2.06 bits per heavy atom. The minimum Gasteiger partial charge on any atom is -0.493 e. The fourth-order valence-electron chi connectivity index (χ4n) is 2.67. The van der Waals surface area contributed by atoms with Crippen molar-refractivity contribution in [2.45, 2.75) is 26.3 Å². The molecule has 1 unspecified atom stereocenters. The molecule has 3 amide bonds. The van der Waals surface area contributed by atoms with Gasteiger partial charge in [0.15, 0.2) is 18.1 Å². The third kappa shape index (κ3) is 7.65. The van der Waals surface area contributed by atoms with Crippen LogP contribution in [0, 0.1) is 5.92 Å². The van der Waals surface area contributed by atoms with E-state index in [0.29, 0.717) is 21.5 Å². The van der Waals surface area contributed by atoms with Crippen molar-refractivity contribution < 1.29 is 23.9 Å². The molecule has 1 aromatic carbocycles. The summed E-state index contributed by atoms with van der Waals surface area (Å²) in [6.45, 7) is 3.38. The summed E-state index contributed by atoms with van der Waals surface area (Å²) in [4.78, 5) is 36.7. The highest BCUT2D eigenvalue weighted by molar-refractivity contribution is 9.10. The number of halogens is 1. The Kier molecular flexibility index (Phi) is 9.66. The van der Waals surface area contributed by atoms with Crippen LogP contribution in [0.5, 0.6) is 11.5 Å². The molecular weight excluding hydrogens is 500 g/mol. The van der Waals surface area contributed by atoms with Crippen LogP contribution in [-0.2, 0) is 20.8 Å². The lowest BCUT2D eigenvalue weighted by atomic mass is 10.0. The molecule has 1 heterocycles. The van der Waals surface area contributed by atoms with Crippen LogP contribution in [0.4, 0.5) is 0 Å². The van der Waals surface area contributed by atoms with Gasteiger partial charge in [-0.15, -0.1) is 11.3 Å². The fourth-order valence-corrected chi connectivity index (χ4v) is 3.95. The number of ether oxygens (including phenoxy) is 2. The summed E-state index contributed by atoms with van der Waals surface area (Å²) >= 11 is 4.84. The van der Waals surface area contributed by atoms with Crippen molar-refractivity contribution in [3.05, 3.63) is 44.6 Å². The molecule has 0 saturated heterocycles. The van der Waals surface area contributed by atoms with E-state index in [0.717, 1.165) is 4.88 Å². The van der Waals surface area contributed by atoms with E-state index in [1.54, 1.807) is 12.1 Å². The predicted molar refractivity (Wildman–Crippen MR) is 126 cm³/mol. The molecule has 0 saturated carbocycles. The van der Waals surface area contributed by atoms with Crippen LogP contribution in [0.2, 0.25) is 0 Å². The van der Waals surface area contributed by atoms with E-state index in [-0.39, 0.29) is 24.9 Å². The monoisotopic (exact) mass is 524 g/mol. The minimum atomic E-state index is -0.731. The van der Waals surface area contributed by atoms with Crippen LogP contribution < -0.4 is 25.9 Å². The van der Waals surface area contributed by atoms with Crippen molar-refractivity contribution in [1.82, 2.24) is 10.7 Å². The second-order valence-electron chi connectivity index (χ2n) is 7.07. The predicted octanol–water partition coefficient (Wildman–Crippen LogP) is 2.22. The van der Waals surface area contributed by atoms with Crippen LogP contribution in [0.25, 0.3) is 0 Å². The Labute approximate surface area is 198 Å². The summed E-state index contributed by atoms with van der Waals surface area (Å²) in [6.07, 6.45) is 1.64. The minimum absolute atomic E-state index is 0.131. The standard InChI is InChI=1S/C21H25BrN4O5S/c1-12(2)19(25-18(28)9-14-5-4-6-32-14)21(29)26-24-10-13-7-15(22)20(16(8-13)30-3)31-11-17(23)27/h4-8,10,12,19H,9,11H2,1-3H3,(H2,23,27)(H,25,28)(H,26,29). The summed E-state index contributed by atoms with van der Waals surface area (Å²) in [5, 5.41) is 8.64. The summed E-state index contributed by atoms with van der Waals surface area (Å²) in [5.74, 6) is -0.730. The van der Waals surface area contributed by atoms with E-state index in [9.17, 15) is 14.4 Å². The Balaban J connectivity index is 2.02. The molecule has 0 radical (unpaired) electrons. The first-order chi connectivity index (χ1) is 15.2. The fraction of sp³-hybridized carbons (Fsp3) is 0.333. The number of hydrazone groups is 1. The number of rotatable bonds is 11. The third-order valence-corrected chi connectivity index (χ3v) is 5.64. The number of nitrogens with two attached hydrogens (primary N) is 1. The summed E-state index contributed by atoms with van der Waals surface area (Å²) < 4.78 is 11.2. The van der Waals surface area contributed by atoms with E-state index >= 15 is 0 Å². The molecule has 2 rings (SSSR count). The molecule has 4 N–H and O–H groups in total. The zero-order valence-electron chi connectivity index (χ0n) is 17.9. The highest BCUT2D eigenvalue weighted by atomic mass is 79.9. The zero-order valence-corrected chi connectivity index (χ0v) is 20.3. The number of amides is 3. The van der Waals surface area contributed by atoms with Crippen molar-refractivity contribution in [3.8, 4) is 11.5 Å². The molecule has 1 aromatic heterocycles. The maximum atomic E-state index is 12.6. The second kappa shape index (κ2) is 12.2. The number of hydrogen-bond acceptors (Lipinski definition) is 7. The average molecular weight is 525 g/mol. The van der Waals surface area contributed by atoms with E-state index in [1.165, 1.54) is 24.7 Å². The number of carbonyl (C=O) groups excluding carboxylic acids is 3. The highest BCUT2D eigenvalue weighted by Gasteiger charge is 2.24. The van der Waals surface area contributed by atoms with Gasteiger partial charge < -0.3 is 20.5 Å². The van der Waals surface area contributed by atoms with Crippen molar-refractivity contribution in [1.29, 1.82) is 0 Å². The van der Waals surface area contributed by atoms with Crippen molar-refractivity contribution >= 4 is 51.2 Å². The molecule has 0 aliphatic rings. The van der Waals surface area contributed by atoms with Crippen LogP contribution >= 0.6 is 27.3 Å². The first kappa shape index (κ1) is 25.3. The van der Waals surface area contributed by atoms with Crippen LogP contribution in [0.1, 0.15) is 24.3 Å². The van der Waals surface area contributed by atoms with Gasteiger partial charge in [-0.1, -0.05) is 19.9 Å². The number of primary amides is 1. The Morgan fingerprint density at radius 3 is 2.66 bits per heavy atom. The molecule has 11 heteroatoms. The van der Waals surface area contributed by atoms with Crippen LogP contribution in [-0.4, -0.2) is 43.7 Å². The molecule has 9 nitrogen and oxygen atoms in total. The summed E-state index contributed by atoms with van der Waals surface area (Å²) in [7, 11) is 1.45. The van der Waals surface area contributed by atoms with Gasteiger partial charge in [0.05, 0.1) is 24.2 Å². The van der Waals surface area contributed by atoms with Crippen molar-refractivity contribution in [3.63, 3.8) is 0 Å². The van der Waals surface area contributed by atoms with Gasteiger partial charge in [0, 0.05) is 4.88 Å². The lowest BCUT2D eigenvalue weighted by Crippen LogP contribution is -2.49. The Morgan fingerprint density at radius 1 is 1.31 bits per heavy atom. The van der Waals surface area contributed by atoms with Gasteiger partial charge in [0.25, 0.3) is 11.8 Å². The quantitative estimate of drug-likeness (QED) is 0.306. The lowest BCUT2D eigenvalue weighted by Gasteiger charge is -2.20. The molecular formula is C21H25BrN4O5S. The van der Waals surface area contributed by atoms with Crippen LogP contribution in [0.15, 0.2) is 39.2 Å². The number of nitrogens with one attached hydrogen (secondary N) is 2. The smallest absolute Gasteiger partial charge is 0.262 e. The third-order valence-electron chi connectivity index (χ3n) is 4.18. The van der Waals surface area contributed by atoms with Crippen LogP contribution in [0.3, 0.4) is 0 Å². The van der Waals surface area contributed by atoms with E-state index in [2.05, 4.69) is 31.8 Å². The maximum absolute atomic E-state index is 12.6. The van der Waals surface area contributed by atoms with Gasteiger partial charge >= 0.3 is 0 Å². The van der Waals surface area contributed by atoms with E-state index in [1.807, 2.05) is 31.4 Å². The number of carbonyl (C=O) groups is 3. The van der Waals surface area contributed by atoms with Gasteiger partial charge in [-0.2, -0.15) is 5.10 Å². The summed E-state index contributed by atoms with van der Waals surface area (Å²) in [5.41, 5.74) is 8.17. The molecule has 32 heavy (non-hydrogen) atoms. The molecule has 172 valence electrons. The number of hydrogen-bond donors (Lipinski definition) is 3. The van der Waals surface area contributed by atoms with Gasteiger partial charge in [0.1, 0.15) is 6.04 Å². The van der Waals surface area contributed by atoms with E-state index < -0.39 is 17.9 Å². The van der Waals surface area contributed by atoms with E-state index in [4.69, 9.17) is 15.2 Å². The number of nitrogens with zero attached hydrogens (tertiary/aromatic N) is 1. The number of benzene rings is 1. The van der Waals surface area contributed by atoms with Gasteiger partial charge in [-0.05, 0) is 51.0 Å². The normalized spacial score (nSPS) is 11.9. The molecule has 0 bridgehead atoms. The lowest BCUT2D eigenvalue weighted by molar-refractivity contribution is -0.129. The summed E-state index contributed by atoms with van der Waals surface area (Å²) in [6, 6.07) is 6.32. The highest BCUT2D eigenvalue weighted by Crippen LogP contribution is 2.36. The first-order valence-corrected chi connectivity index (χ1v) is 11.3. The van der Waals surface area contributed by atoms with Crippen molar-refractivity contribution in [2.24, 2.45) is 16.8 Å². The molecule has 0 spiro atoms.